The maximum absolute atomic E-state index is 12.4. The largest absolute Gasteiger partial charge is 0.454 e. The number of carbonyl (C=O) groups is 1. The third-order valence-corrected chi connectivity index (χ3v) is 4.75. The molecule has 1 amide bonds. The fourth-order valence-electron chi connectivity index (χ4n) is 3.02. The van der Waals surface area contributed by atoms with Crippen molar-refractivity contribution in [2.75, 3.05) is 6.79 Å². The van der Waals surface area contributed by atoms with E-state index in [2.05, 4.69) is 44.3 Å². The topological polar surface area (TPSA) is 47.6 Å². The van der Waals surface area contributed by atoms with Crippen LogP contribution < -0.4 is 14.8 Å². The molecule has 1 aliphatic heterocycles. The van der Waals surface area contributed by atoms with Crippen LogP contribution in [0.3, 0.4) is 0 Å². The van der Waals surface area contributed by atoms with Gasteiger partial charge in [-0.15, -0.1) is 0 Å². The summed E-state index contributed by atoms with van der Waals surface area (Å²) in [5.41, 5.74) is 4.78. The van der Waals surface area contributed by atoms with Crippen molar-refractivity contribution in [1.82, 2.24) is 5.32 Å². The summed E-state index contributed by atoms with van der Waals surface area (Å²) in [6.45, 7) is 6.57. The summed E-state index contributed by atoms with van der Waals surface area (Å²) in [6, 6.07) is 12.3. The van der Waals surface area contributed by atoms with E-state index in [4.69, 9.17) is 9.47 Å². The van der Waals surface area contributed by atoms with Gasteiger partial charge < -0.3 is 14.8 Å². The van der Waals surface area contributed by atoms with Crippen LogP contribution in [0.5, 0.6) is 11.5 Å². The van der Waals surface area contributed by atoms with E-state index in [1.165, 1.54) is 16.7 Å². The number of hydrogen-bond acceptors (Lipinski definition) is 3. The van der Waals surface area contributed by atoms with E-state index in [-0.39, 0.29) is 18.7 Å². The zero-order valence-electron chi connectivity index (χ0n) is 15.1. The molecule has 0 bridgehead atoms. The molecule has 0 saturated carbocycles. The van der Waals surface area contributed by atoms with Gasteiger partial charge in [0.15, 0.2) is 11.5 Å². The molecule has 0 saturated heterocycles. The Hall–Kier alpha value is -2.49. The SMILES string of the molecule is CCC(NC(=O)CCc1ccc2c(c1)OCO2)c1ccc(C)c(C)c1. The Morgan fingerprint density at radius 1 is 1.08 bits per heavy atom. The molecule has 1 N–H and O–H groups in total. The minimum Gasteiger partial charge on any atom is -0.454 e. The molecule has 25 heavy (non-hydrogen) atoms. The number of ether oxygens (including phenoxy) is 2. The summed E-state index contributed by atoms with van der Waals surface area (Å²) >= 11 is 0. The molecule has 0 aliphatic carbocycles. The number of hydrogen-bond donors (Lipinski definition) is 1. The number of rotatable bonds is 6. The first-order valence-corrected chi connectivity index (χ1v) is 8.82. The number of amides is 1. The molecule has 1 unspecified atom stereocenters. The van der Waals surface area contributed by atoms with Gasteiger partial charge in [0.05, 0.1) is 6.04 Å². The lowest BCUT2D eigenvalue weighted by Gasteiger charge is -2.18. The number of carbonyl (C=O) groups excluding carboxylic acids is 1. The number of aryl methyl sites for hydroxylation is 3. The molecule has 0 aromatic heterocycles. The first-order chi connectivity index (χ1) is 12.1. The van der Waals surface area contributed by atoms with Gasteiger partial charge in [-0.25, -0.2) is 0 Å². The number of fused-ring (bicyclic) bond motifs is 1. The van der Waals surface area contributed by atoms with Gasteiger partial charge in [0, 0.05) is 6.42 Å². The summed E-state index contributed by atoms with van der Waals surface area (Å²) in [4.78, 5) is 12.4. The van der Waals surface area contributed by atoms with Gasteiger partial charge in [0.1, 0.15) is 0 Å². The van der Waals surface area contributed by atoms with Gasteiger partial charge in [0.2, 0.25) is 12.7 Å². The second-order valence-corrected chi connectivity index (χ2v) is 6.56. The summed E-state index contributed by atoms with van der Waals surface area (Å²) in [7, 11) is 0. The van der Waals surface area contributed by atoms with Crippen molar-refractivity contribution in [2.45, 2.75) is 46.1 Å². The average molecular weight is 339 g/mol. The van der Waals surface area contributed by atoms with E-state index in [9.17, 15) is 4.79 Å². The lowest BCUT2D eigenvalue weighted by Crippen LogP contribution is -2.28. The van der Waals surface area contributed by atoms with Gasteiger partial charge in [-0.3, -0.25) is 4.79 Å². The molecule has 0 radical (unpaired) electrons. The van der Waals surface area contributed by atoms with Crippen LogP contribution in [0.2, 0.25) is 0 Å². The number of benzene rings is 2. The van der Waals surface area contributed by atoms with Gasteiger partial charge in [-0.2, -0.15) is 0 Å². The minimum absolute atomic E-state index is 0.0588. The van der Waals surface area contributed by atoms with E-state index in [0.717, 1.165) is 23.5 Å². The van der Waals surface area contributed by atoms with E-state index >= 15 is 0 Å². The predicted octanol–water partition coefficient (Wildman–Crippen LogP) is 4.23. The van der Waals surface area contributed by atoms with Crippen LogP contribution in [0.25, 0.3) is 0 Å². The molecule has 2 aromatic rings. The highest BCUT2D eigenvalue weighted by molar-refractivity contribution is 5.76. The van der Waals surface area contributed by atoms with Crippen molar-refractivity contribution in [2.24, 2.45) is 0 Å². The fourth-order valence-corrected chi connectivity index (χ4v) is 3.02. The van der Waals surface area contributed by atoms with Crippen LogP contribution in [0.1, 0.15) is 48.1 Å². The second-order valence-electron chi connectivity index (χ2n) is 6.56. The molecule has 1 aliphatic rings. The van der Waals surface area contributed by atoms with Crippen LogP contribution in [0, 0.1) is 13.8 Å². The quantitative estimate of drug-likeness (QED) is 0.856. The lowest BCUT2D eigenvalue weighted by atomic mass is 9.99. The fraction of sp³-hybridized carbons (Fsp3) is 0.381. The Kier molecular flexibility index (Phi) is 5.27. The van der Waals surface area contributed by atoms with E-state index in [1.807, 2.05) is 18.2 Å². The summed E-state index contributed by atoms with van der Waals surface area (Å²) in [5.74, 6) is 1.61. The van der Waals surface area contributed by atoms with Crippen molar-refractivity contribution in [1.29, 1.82) is 0 Å². The maximum Gasteiger partial charge on any atom is 0.231 e. The van der Waals surface area contributed by atoms with Gasteiger partial charge in [-0.1, -0.05) is 31.2 Å². The van der Waals surface area contributed by atoms with Crippen LogP contribution >= 0.6 is 0 Å². The molecular formula is C21H25NO3. The van der Waals surface area contributed by atoms with Crippen molar-refractivity contribution in [3.63, 3.8) is 0 Å². The Morgan fingerprint density at radius 3 is 2.64 bits per heavy atom. The summed E-state index contributed by atoms with van der Waals surface area (Å²) in [6.07, 6.45) is 2.02. The van der Waals surface area contributed by atoms with Crippen LogP contribution in [0.15, 0.2) is 36.4 Å². The molecule has 2 aromatic carbocycles. The lowest BCUT2D eigenvalue weighted by molar-refractivity contribution is -0.121. The zero-order chi connectivity index (χ0) is 17.8. The molecule has 0 spiro atoms. The first-order valence-electron chi connectivity index (χ1n) is 8.82. The summed E-state index contributed by atoms with van der Waals surface area (Å²) < 4.78 is 10.7. The highest BCUT2D eigenvalue weighted by Crippen LogP contribution is 2.32. The maximum atomic E-state index is 12.4. The molecule has 1 atom stereocenters. The van der Waals surface area contributed by atoms with Crippen molar-refractivity contribution in [3.8, 4) is 11.5 Å². The normalized spacial score (nSPS) is 13.6. The standard InChI is InChI=1S/C21H25NO3/c1-4-18(17-8-5-14(2)15(3)11-17)22-21(23)10-7-16-6-9-19-20(12-16)25-13-24-19/h5-6,8-9,11-12,18H,4,7,10,13H2,1-3H3,(H,22,23). The molecule has 4 nitrogen and oxygen atoms in total. The Morgan fingerprint density at radius 2 is 1.88 bits per heavy atom. The smallest absolute Gasteiger partial charge is 0.231 e. The van der Waals surface area contributed by atoms with Crippen molar-refractivity contribution in [3.05, 3.63) is 58.7 Å². The highest BCUT2D eigenvalue weighted by Gasteiger charge is 2.15. The predicted molar refractivity (Wildman–Crippen MR) is 98.0 cm³/mol. The Labute approximate surface area is 149 Å². The Balaban J connectivity index is 1.58. The number of nitrogens with one attached hydrogen (secondary N) is 1. The van der Waals surface area contributed by atoms with Gasteiger partial charge >= 0.3 is 0 Å². The summed E-state index contributed by atoms with van der Waals surface area (Å²) in [5, 5.41) is 3.16. The average Bonchev–Trinajstić information content (AvgIpc) is 3.08. The molecule has 132 valence electrons. The first kappa shape index (κ1) is 17.3. The highest BCUT2D eigenvalue weighted by atomic mass is 16.7. The molecule has 0 fully saturated rings. The molecule has 1 heterocycles. The van der Waals surface area contributed by atoms with E-state index in [0.29, 0.717) is 12.8 Å². The monoisotopic (exact) mass is 339 g/mol. The van der Waals surface area contributed by atoms with Gasteiger partial charge in [-0.05, 0) is 61.1 Å². The molecule has 4 heteroatoms. The van der Waals surface area contributed by atoms with Crippen LogP contribution in [0.4, 0.5) is 0 Å². The van der Waals surface area contributed by atoms with Crippen molar-refractivity contribution < 1.29 is 14.3 Å². The van der Waals surface area contributed by atoms with Gasteiger partial charge in [0.25, 0.3) is 0 Å². The van der Waals surface area contributed by atoms with Crippen LogP contribution in [-0.2, 0) is 11.2 Å². The molecule has 3 rings (SSSR count). The minimum atomic E-state index is 0.0588. The third kappa shape index (κ3) is 4.13. The van der Waals surface area contributed by atoms with Crippen molar-refractivity contribution >= 4 is 5.91 Å². The zero-order valence-corrected chi connectivity index (χ0v) is 15.1. The second kappa shape index (κ2) is 7.60. The third-order valence-electron chi connectivity index (χ3n) is 4.75. The Bertz CT molecular complexity index is 770. The van der Waals surface area contributed by atoms with E-state index < -0.39 is 0 Å². The molecular weight excluding hydrogens is 314 g/mol. The van der Waals surface area contributed by atoms with E-state index in [1.54, 1.807) is 0 Å². The van der Waals surface area contributed by atoms with Crippen LogP contribution in [-0.4, -0.2) is 12.7 Å².